The summed E-state index contributed by atoms with van der Waals surface area (Å²) >= 11 is 6.39. The van der Waals surface area contributed by atoms with E-state index in [1.54, 1.807) is 4.90 Å². The van der Waals surface area contributed by atoms with E-state index in [2.05, 4.69) is 33.9 Å². The average Bonchev–Trinajstić information content (AvgIpc) is 2.49. The van der Waals surface area contributed by atoms with E-state index in [-0.39, 0.29) is 11.1 Å². The van der Waals surface area contributed by atoms with Crippen LogP contribution in [0.1, 0.15) is 59.6 Å². The SMILES string of the molecule is CCN(Cc1ccc(Cl)c(CO[Si](C)(C)C(C)(C)C)c1)C(=O)OC(C)(C)C. The van der Waals surface area contributed by atoms with Crippen LogP contribution in [-0.4, -0.2) is 31.5 Å². The van der Waals surface area contributed by atoms with Gasteiger partial charge in [0.05, 0.1) is 6.61 Å². The molecule has 0 radical (unpaired) electrons. The van der Waals surface area contributed by atoms with Gasteiger partial charge < -0.3 is 14.1 Å². The summed E-state index contributed by atoms with van der Waals surface area (Å²) in [6, 6.07) is 5.86. The molecule has 0 aliphatic carbocycles. The Morgan fingerprint density at radius 1 is 1.15 bits per heavy atom. The lowest BCUT2D eigenvalue weighted by atomic mass is 10.1. The van der Waals surface area contributed by atoms with E-state index in [0.29, 0.717) is 24.7 Å². The molecule has 0 fully saturated rings. The van der Waals surface area contributed by atoms with Gasteiger partial charge in [0.25, 0.3) is 0 Å². The highest BCUT2D eigenvalue weighted by atomic mass is 35.5. The Morgan fingerprint density at radius 3 is 2.22 bits per heavy atom. The molecule has 0 aliphatic rings. The van der Waals surface area contributed by atoms with Crippen molar-refractivity contribution in [3.05, 3.63) is 34.3 Å². The zero-order chi connectivity index (χ0) is 21.0. The summed E-state index contributed by atoms with van der Waals surface area (Å²) < 4.78 is 11.8. The number of halogens is 1. The van der Waals surface area contributed by atoms with E-state index in [9.17, 15) is 4.79 Å². The van der Waals surface area contributed by atoms with Crippen LogP contribution in [0.3, 0.4) is 0 Å². The molecule has 6 heteroatoms. The predicted octanol–water partition coefficient (Wildman–Crippen LogP) is 6.62. The molecule has 0 saturated carbocycles. The van der Waals surface area contributed by atoms with Crippen molar-refractivity contribution in [1.29, 1.82) is 0 Å². The van der Waals surface area contributed by atoms with Crippen molar-refractivity contribution >= 4 is 26.0 Å². The van der Waals surface area contributed by atoms with Crippen LogP contribution in [0, 0.1) is 0 Å². The number of carbonyl (C=O) groups is 1. The lowest BCUT2D eigenvalue weighted by molar-refractivity contribution is 0.0244. The maximum absolute atomic E-state index is 12.4. The number of carbonyl (C=O) groups excluding carboxylic acids is 1. The Morgan fingerprint density at radius 2 is 1.74 bits per heavy atom. The Labute approximate surface area is 171 Å². The quantitative estimate of drug-likeness (QED) is 0.492. The summed E-state index contributed by atoms with van der Waals surface area (Å²) in [4.78, 5) is 14.1. The van der Waals surface area contributed by atoms with Crippen molar-refractivity contribution in [3.63, 3.8) is 0 Å². The molecule has 0 N–H and O–H groups in total. The van der Waals surface area contributed by atoms with Crippen molar-refractivity contribution in [1.82, 2.24) is 4.90 Å². The van der Waals surface area contributed by atoms with Gasteiger partial charge in [-0.05, 0) is 63.0 Å². The summed E-state index contributed by atoms with van der Waals surface area (Å²) in [5.74, 6) is 0. The third kappa shape index (κ3) is 7.47. The van der Waals surface area contributed by atoms with E-state index < -0.39 is 13.9 Å². The largest absolute Gasteiger partial charge is 0.444 e. The second-order valence-electron chi connectivity index (χ2n) is 9.47. The van der Waals surface area contributed by atoms with E-state index in [4.69, 9.17) is 20.8 Å². The normalized spacial score (nSPS) is 12.8. The van der Waals surface area contributed by atoms with Gasteiger partial charge in [0.2, 0.25) is 0 Å². The molecule has 0 unspecified atom stereocenters. The third-order valence-electron chi connectivity index (χ3n) is 4.91. The Bertz CT molecular complexity index is 648. The van der Waals surface area contributed by atoms with E-state index in [1.165, 1.54) is 0 Å². The first-order chi connectivity index (χ1) is 12.2. The molecule has 0 saturated heterocycles. The molecule has 1 amide bonds. The van der Waals surface area contributed by atoms with Crippen molar-refractivity contribution < 1.29 is 14.0 Å². The summed E-state index contributed by atoms with van der Waals surface area (Å²) in [7, 11) is -1.85. The molecule has 0 heterocycles. The second-order valence-corrected chi connectivity index (χ2v) is 14.7. The number of ether oxygens (including phenoxy) is 1. The minimum Gasteiger partial charge on any atom is -0.444 e. The third-order valence-corrected chi connectivity index (χ3v) is 9.76. The highest BCUT2D eigenvalue weighted by Crippen LogP contribution is 2.37. The van der Waals surface area contributed by atoms with Gasteiger partial charge in [-0.2, -0.15) is 0 Å². The van der Waals surface area contributed by atoms with Gasteiger partial charge in [0.15, 0.2) is 8.32 Å². The Hall–Kier alpha value is -1.04. The number of amides is 1. The second kappa shape index (κ2) is 8.97. The zero-order valence-electron chi connectivity index (χ0n) is 18.4. The highest BCUT2D eigenvalue weighted by Gasteiger charge is 2.37. The van der Waals surface area contributed by atoms with E-state index in [1.807, 2.05) is 45.9 Å². The first-order valence-electron chi connectivity index (χ1n) is 9.55. The van der Waals surface area contributed by atoms with Crippen molar-refractivity contribution in [2.45, 2.75) is 85.4 Å². The molecule has 0 atom stereocenters. The first-order valence-corrected chi connectivity index (χ1v) is 12.8. The van der Waals surface area contributed by atoms with Gasteiger partial charge >= 0.3 is 6.09 Å². The number of nitrogens with zero attached hydrogens (tertiary/aromatic N) is 1. The van der Waals surface area contributed by atoms with Crippen molar-refractivity contribution in [3.8, 4) is 0 Å². The monoisotopic (exact) mass is 413 g/mol. The van der Waals surface area contributed by atoms with Gasteiger partial charge in [-0.25, -0.2) is 4.79 Å². The van der Waals surface area contributed by atoms with Gasteiger partial charge in [0, 0.05) is 18.1 Å². The lowest BCUT2D eigenvalue weighted by Crippen LogP contribution is -2.40. The van der Waals surface area contributed by atoms with Crippen LogP contribution < -0.4 is 0 Å². The van der Waals surface area contributed by atoms with Crippen LogP contribution in [-0.2, 0) is 22.3 Å². The van der Waals surface area contributed by atoms with E-state index in [0.717, 1.165) is 11.1 Å². The van der Waals surface area contributed by atoms with Gasteiger partial charge in [-0.15, -0.1) is 0 Å². The van der Waals surface area contributed by atoms with Crippen LogP contribution in [0.5, 0.6) is 0 Å². The van der Waals surface area contributed by atoms with Crippen molar-refractivity contribution in [2.24, 2.45) is 0 Å². The summed E-state index contributed by atoms with van der Waals surface area (Å²) in [6.07, 6.45) is -0.306. The zero-order valence-corrected chi connectivity index (χ0v) is 20.2. The molecule has 1 aromatic rings. The van der Waals surface area contributed by atoms with E-state index >= 15 is 0 Å². The Balaban J connectivity index is 2.90. The van der Waals surface area contributed by atoms with Crippen LogP contribution in [0.4, 0.5) is 4.79 Å². The fraction of sp³-hybridized carbons (Fsp3) is 0.667. The maximum Gasteiger partial charge on any atom is 0.410 e. The fourth-order valence-electron chi connectivity index (χ4n) is 2.16. The first kappa shape index (κ1) is 24.0. The standard InChI is InChI=1S/C21H36ClNO3Si/c1-10-23(19(24)26-20(2,3)4)14-16-11-12-18(22)17(13-16)15-25-27(8,9)21(5,6)7/h11-13H,10,14-15H2,1-9H3. The maximum atomic E-state index is 12.4. The van der Waals surface area contributed by atoms with Crippen LogP contribution in [0.25, 0.3) is 0 Å². The lowest BCUT2D eigenvalue weighted by Gasteiger charge is -2.36. The number of rotatable bonds is 6. The van der Waals surface area contributed by atoms with Crippen LogP contribution in [0.15, 0.2) is 18.2 Å². The molecular formula is C21H36ClNO3Si. The topological polar surface area (TPSA) is 38.8 Å². The predicted molar refractivity (Wildman–Crippen MR) is 116 cm³/mol. The number of benzene rings is 1. The Kier molecular flexibility index (Phi) is 7.97. The number of hydrogen-bond acceptors (Lipinski definition) is 3. The smallest absolute Gasteiger partial charge is 0.410 e. The molecule has 0 spiro atoms. The molecule has 27 heavy (non-hydrogen) atoms. The summed E-state index contributed by atoms with van der Waals surface area (Å²) in [5.41, 5.74) is 1.47. The molecule has 0 aromatic heterocycles. The van der Waals surface area contributed by atoms with Crippen LogP contribution in [0.2, 0.25) is 23.2 Å². The van der Waals surface area contributed by atoms with Crippen molar-refractivity contribution in [2.75, 3.05) is 6.54 Å². The van der Waals surface area contributed by atoms with Gasteiger partial charge in [-0.1, -0.05) is 44.5 Å². The molecule has 4 nitrogen and oxygen atoms in total. The van der Waals surface area contributed by atoms with Gasteiger partial charge in [-0.3, -0.25) is 0 Å². The van der Waals surface area contributed by atoms with Crippen LogP contribution >= 0.6 is 11.6 Å². The molecule has 1 aromatic carbocycles. The average molecular weight is 414 g/mol. The minimum atomic E-state index is -1.85. The molecule has 154 valence electrons. The van der Waals surface area contributed by atoms with Gasteiger partial charge in [0.1, 0.15) is 5.60 Å². The summed E-state index contributed by atoms with van der Waals surface area (Å²) in [5, 5.41) is 0.838. The molecule has 1 rings (SSSR count). The number of hydrogen-bond donors (Lipinski definition) is 0. The molecule has 0 aliphatic heterocycles. The minimum absolute atomic E-state index is 0.146. The highest BCUT2D eigenvalue weighted by molar-refractivity contribution is 6.74. The molecular weight excluding hydrogens is 378 g/mol. The summed E-state index contributed by atoms with van der Waals surface area (Å²) in [6.45, 7) is 20.2. The fourth-order valence-corrected chi connectivity index (χ4v) is 3.29. The molecule has 0 bridgehead atoms.